The van der Waals surface area contributed by atoms with Gasteiger partial charge in [-0.1, -0.05) is 0 Å². The molecule has 0 aromatic carbocycles. The second-order valence-electron chi connectivity index (χ2n) is 5.43. The van der Waals surface area contributed by atoms with Crippen molar-refractivity contribution in [2.75, 3.05) is 27.3 Å². The van der Waals surface area contributed by atoms with Crippen LogP contribution in [0.5, 0.6) is 0 Å². The van der Waals surface area contributed by atoms with Crippen molar-refractivity contribution in [2.24, 2.45) is 11.7 Å². The van der Waals surface area contributed by atoms with E-state index in [4.69, 9.17) is 10.5 Å². The van der Waals surface area contributed by atoms with Crippen molar-refractivity contribution in [2.45, 2.75) is 32.0 Å². The normalized spacial score (nSPS) is 23.5. The Morgan fingerprint density at radius 2 is 2.39 bits per heavy atom. The van der Waals surface area contributed by atoms with Gasteiger partial charge in [0.1, 0.15) is 0 Å². The number of aromatic nitrogens is 2. The lowest BCUT2D eigenvalue weighted by Crippen LogP contribution is -2.31. The molecule has 2 N–H and O–H groups in total. The Morgan fingerprint density at radius 3 is 3.00 bits per heavy atom. The quantitative estimate of drug-likeness (QED) is 0.845. The van der Waals surface area contributed by atoms with Crippen molar-refractivity contribution in [1.82, 2.24) is 14.5 Å². The fraction of sp³-hybridized carbons (Fsp3) is 0.769. The third-order valence-corrected chi connectivity index (χ3v) is 3.90. The number of ether oxygens (including phenoxy) is 1. The molecule has 1 aliphatic rings. The number of imidazole rings is 1. The molecular formula is C13H24N4O. The van der Waals surface area contributed by atoms with E-state index in [0.717, 1.165) is 31.9 Å². The van der Waals surface area contributed by atoms with Crippen molar-refractivity contribution in [3.05, 3.63) is 18.2 Å². The van der Waals surface area contributed by atoms with Crippen LogP contribution in [0.15, 0.2) is 12.5 Å². The number of nitrogens with zero attached hydrogens (tertiary/aromatic N) is 3. The van der Waals surface area contributed by atoms with Gasteiger partial charge in [0.2, 0.25) is 0 Å². The number of nitrogens with two attached hydrogens (primary N) is 1. The molecule has 1 saturated heterocycles. The summed E-state index contributed by atoms with van der Waals surface area (Å²) in [5.41, 5.74) is 7.47. The SMILES string of the molecule is CC(Cn1cncc1C(N)C1CCOC1)N(C)C. The minimum atomic E-state index is 0.0318. The van der Waals surface area contributed by atoms with Crippen LogP contribution in [0.2, 0.25) is 0 Å². The van der Waals surface area contributed by atoms with Crippen LogP contribution in [0.4, 0.5) is 0 Å². The summed E-state index contributed by atoms with van der Waals surface area (Å²) in [5, 5.41) is 0. The molecule has 1 aliphatic heterocycles. The van der Waals surface area contributed by atoms with E-state index in [1.807, 2.05) is 12.5 Å². The van der Waals surface area contributed by atoms with Gasteiger partial charge in [-0.3, -0.25) is 0 Å². The molecule has 3 atom stereocenters. The van der Waals surface area contributed by atoms with E-state index < -0.39 is 0 Å². The third kappa shape index (κ3) is 2.91. The van der Waals surface area contributed by atoms with Gasteiger partial charge in [0, 0.05) is 31.3 Å². The Balaban J connectivity index is 2.06. The lowest BCUT2D eigenvalue weighted by molar-refractivity contribution is 0.180. The zero-order chi connectivity index (χ0) is 13.1. The van der Waals surface area contributed by atoms with Gasteiger partial charge in [-0.2, -0.15) is 0 Å². The molecule has 1 aromatic heterocycles. The first-order valence-corrected chi connectivity index (χ1v) is 6.59. The van der Waals surface area contributed by atoms with Gasteiger partial charge in [-0.25, -0.2) is 4.98 Å². The molecule has 1 fully saturated rings. The van der Waals surface area contributed by atoms with E-state index in [1.165, 1.54) is 0 Å². The van der Waals surface area contributed by atoms with E-state index in [0.29, 0.717) is 12.0 Å². The molecule has 0 amide bonds. The highest BCUT2D eigenvalue weighted by Crippen LogP contribution is 2.26. The molecule has 2 heterocycles. The summed E-state index contributed by atoms with van der Waals surface area (Å²) in [6.07, 6.45) is 4.83. The first kappa shape index (κ1) is 13.5. The second-order valence-corrected chi connectivity index (χ2v) is 5.43. The number of rotatable bonds is 5. The van der Waals surface area contributed by atoms with Crippen molar-refractivity contribution >= 4 is 0 Å². The Kier molecular flexibility index (Phi) is 4.37. The predicted octanol–water partition coefficient (Wildman–Crippen LogP) is 0.870. The molecule has 0 radical (unpaired) electrons. The van der Waals surface area contributed by atoms with Crippen LogP contribution in [0.25, 0.3) is 0 Å². The lowest BCUT2D eigenvalue weighted by atomic mass is 9.97. The van der Waals surface area contributed by atoms with Crippen molar-refractivity contribution in [3.8, 4) is 0 Å². The zero-order valence-corrected chi connectivity index (χ0v) is 11.5. The van der Waals surface area contributed by atoms with Crippen molar-refractivity contribution < 1.29 is 4.74 Å². The van der Waals surface area contributed by atoms with Gasteiger partial charge >= 0.3 is 0 Å². The molecule has 18 heavy (non-hydrogen) atoms. The molecule has 0 aliphatic carbocycles. The van der Waals surface area contributed by atoms with Crippen LogP contribution >= 0.6 is 0 Å². The number of likely N-dealkylation sites (N-methyl/N-ethyl adjacent to an activating group) is 1. The maximum atomic E-state index is 6.34. The highest BCUT2D eigenvalue weighted by atomic mass is 16.5. The second kappa shape index (κ2) is 5.82. The highest BCUT2D eigenvalue weighted by Gasteiger charge is 2.26. The van der Waals surface area contributed by atoms with Gasteiger partial charge in [0.15, 0.2) is 0 Å². The summed E-state index contributed by atoms with van der Waals surface area (Å²) < 4.78 is 7.59. The standard InChI is InChI=1S/C13H24N4O/c1-10(16(2)3)7-17-9-15-6-12(17)13(14)11-4-5-18-8-11/h6,9-11,13H,4-5,7-8,14H2,1-3H3. The van der Waals surface area contributed by atoms with Crippen LogP contribution in [-0.4, -0.2) is 47.8 Å². The monoisotopic (exact) mass is 252 g/mol. The van der Waals surface area contributed by atoms with Crippen LogP contribution in [0.1, 0.15) is 25.1 Å². The van der Waals surface area contributed by atoms with Gasteiger partial charge in [0.05, 0.1) is 24.7 Å². The molecular weight excluding hydrogens is 228 g/mol. The third-order valence-electron chi connectivity index (χ3n) is 3.90. The van der Waals surface area contributed by atoms with Gasteiger partial charge in [-0.05, 0) is 27.4 Å². The molecule has 0 saturated carbocycles. The maximum absolute atomic E-state index is 6.34. The summed E-state index contributed by atoms with van der Waals surface area (Å²) in [7, 11) is 4.18. The molecule has 0 bridgehead atoms. The minimum Gasteiger partial charge on any atom is -0.381 e. The fourth-order valence-corrected chi connectivity index (χ4v) is 2.29. The van der Waals surface area contributed by atoms with E-state index in [2.05, 4.69) is 35.5 Å². The molecule has 2 rings (SSSR count). The van der Waals surface area contributed by atoms with Gasteiger partial charge in [-0.15, -0.1) is 0 Å². The van der Waals surface area contributed by atoms with Crippen LogP contribution < -0.4 is 5.73 Å². The minimum absolute atomic E-state index is 0.0318. The van der Waals surface area contributed by atoms with E-state index in [-0.39, 0.29) is 6.04 Å². The highest BCUT2D eigenvalue weighted by molar-refractivity contribution is 5.07. The van der Waals surface area contributed by atoms with Crippen molar-refractivity contribution in [3.63, 3.8) is 0 Å². The summed E-state index contributed by atoms with van der Waals surface area (Å²) in [6, 6.07) is 0.495. The molecule has 5 heteroatoms. The first-order valence-electron chi connectivity index (χ1n) is 6.59. The van der Waals surface area contributed by atoms with Gasteiger partial charge < -0.3 is 19.9 Å². The molecule has 5 nitrogen and oxygen atoms in total. The van der Waals surface area contributed by atoms with Gasteiger partial charge in [0.25, 0.3) is 0 Å². The Bertz CT molecular complexity index is 371. The average Bonchev–Trinajstić information content (AvgIpc) is 2.98. The zero-order valence-electron chi connectivity index (χ0n) is 11.5. The summed E-state index contributed by atoms with van der Waals surface area (Å²) in [5.74, 6) is 0.426. The Hall–Kier alpha value is -0.910. The Morgan fingerprint density at radius 1 is 1.61 bits per heavy atom. The van der Waals surface area contributed by atoms with Crippen LogP contribution in [-0.2, 0) is 11.3 Å². The van der Waals surface area contributed by atoms with E-state index in [9.17, 15) is 0 Å². The van der Waals surface area contributed by atoms with E-state index in [1.54, 1.807) is 0 Å². The lowest BCUT2D eigenvalue weighted by Gasteiger charge is -2.24. The largest absolute Gasteiger partial charge is 0.381 e. The summed E-state index contributed by atoms with van der Waals surface area (Å²) in [6.45, 7) is 4.73. The smallest absolute Gasteiger partial charge is 0.0949 e. The molecule has 3 unspecified atom stereocenters. The number of hydrogen-bond acceptors (Lipinski definition) is 4. The summed E-state index contributed by atoms with van der Waals surface area (Å²) >= 11 is 0. The molecule has 102 valence electrons. The average molecular weight is 252 g/mol. The predicted molar refractivity (Wildman–Crippen MR) is 71.2 cm³/mol. The topological polar surface area (TPSA) is 56.3 Å². The molecule has 1 aromatic rings. The van der Waals surface area contributed by atoms with E-state index >= 15 is 0 Å². The first-order chi connectivity index (χ1) is 8.59. The maximum Gasteiger partial charge on any atom is 0.0949 e. The van der Waals surface area contributed by atoms with Crippen molar-refractivity contribution in [1.29, 1.82) is 0 Å². The summed E-state index contributed by atoms with van der Waals surface area (Å²) in [4.78, 5) is 6.45. The number of hydrogen-bond donors (Lipinski definition) is 1. The van der Waals surface area contributed by atoms with Crippen LogP contribution in [0, 0.1) is 5.92 Å². The molecule has 0 spiro atoms. The Labute approximate surface area is 109 Å². The van der Waals surface area contributed by atoms with Crippen LogP contribution in [0.3, 0.4) is 0 Å². The fourth-order valence-electron chi connectivity index (χ4n) is 2.29.